The predicted molar refractivity (Wildman–Crippen MR) is 102 cm³/mol. The largest absolute Gasteiger partial charge is 0.352 e. The fraction of sp³-hybridized carbons (Fsp3) is 0.444. The Morgan fingerprint density at radius 2 is 2.04 bits per heavy atom. The van der Waals surface area contributed by atoms with Gasteiger partial charge in [0, 0.05) is 63.6 Å². The van der Waals surface area contributed by atoms with Crippen molar-refractivity contribution in [2.24, 2.45) is 0 Å². The van der Waals surface area contributed by atoms with Crippen molar-refractivity contribution in [1.29, 1.82) is 0 Å². The summed E-state index contributed by atoms with van der Waals surface area (Å²) in [6.45, 7) is 5.69. The highest BCUT2D eigenvalue weighted by Gasteiger charge is 2.22. The van der Waals surface area contributed by atoms with Crippen molar-refractivity contribution in [2.45, 2.75) is 19.4 Å². The molecule has 4 heterocycles. The number of urea groups is 1. The molecule has 0 aromatic carbocycles. The third-order valence-corrected chi connectivity index (χ3v) is 5.00. The minimum atomic E-state index is 0.00509. The number of carbonyl (C=O) groups excluding carboxylic acids is 1. The lowest BCUT2D eigenvalue weighted by Crippen LogP contribution is -2.52. The van der Waals surface area contributed by atoms with E-state index in [-0.39, 0.29) is 6.03 Å². The van der Waals surface area contributed by atoms with Gasteiger partial charge in [0.2, 0.25) is 0 Å². The lowest BCUT2D eigenvalue weighted by molar-refractivity contribution is 0.193. The van der Waals surface area contributed by atoms with Crippen LogP contribution in [0.15, 0.2) is 43.2 Å². The van der Waals surface area contributed by atoms with E-state index >= 15 is 0 Å². The molecule has 27 heavy (non-hydrogen) atoms. The fourth-order valence-corrected chi connectivity index (χ4v) is 3.29. The van der Waals surface area contributed by atoms with Gasteiger partial charge in [0.1, 0.15) is 5.82 Å². The predicted octanol–water partition coefficient (Wildman–Crippen LogP) is 1.41. The van der Waals surface area contributed by atoms with E-state index in [1.54, 1.807) is 23.2 Å². The smallest absolute Gasteiger partial charge is 0.317 e. The minimum Gasteiger partial charge on any atom is -0.352 e. The second kappa shape index (κ2) is 7.65. The third kappa shape index (κ3) is 3.86. The van der Waals surface area contributed by atoms with Crippen molar-refractivity contribution < 1.29 is 4.79 Å². The summed E-state index contributed by atoms with van der Waals surface area (Å²) in [5.74, 6) is 0.912. The van der Waals surface area contributed by atoms with Gasteiger partial charge in [-0.05, 0) is 25.5 Å². The monoisotopic (exact) mass is 368 g/mol. The summed E-state index contributed by atoms with van der Waals surface area (Å²) in [5, 5.41) is 7.60. The summed E-state index contributed by atoms with van der Waals surface area (Å²) >= 11 is 0. The molecule has 0 bridgehead atoms. The molecule has 1 aliphatic heterocycles. The number of imidazole rings is 2. The van der Waals surface area contributed by atoms with Gasteiger partial charge < -0.3 is 19.7 Å². The number of fused-ring (bicyclic) bond motifs is 1. The molecule has 0 saturated carbocycles. The Balaban J connectivity index is 1.24. The first-order valence-electron chi connectivity index (χ1n) is 9.26. The maximum Gasteiger partial charge on any atom is 0.317 e. The van der Waals surface area contributed by atoms with Crippen LogP contribution < -0.4 is 10.2 Å². The van der Waals surface area contributed by atoms with Gasteiger partial charge in [-0.15, -0.1) is 5.10 Å². The Hall–Kier alpha value is -3.10. The fourth-order valence-electron chi connectivity index (χ4n) is 3.29. The molecule has 9 heteroatoms. The number of nitrogens with zero attached hydrogens (tertiary/aromatic N) is 7. The number of aromatic nitrogens is 5. The molecular weight excluding hydrogens is 344 g/mol. The van der Waals surface area contributed by atoms with Crippen molar-refractivity contribution in [3.05, 3.63) is 43.2 Å². The Bertz CT molecular complexity index is 882. The Kier molecular flexibility index (Phi) is 4.91. The summed E-state index contributed by atoms with van der Waals surface area (Å²) in [6.07, 6.45) is 9.97. The van der Waals surface area contributed by atoms with Crippen molar-refractivity contribution in [3.8, 4) is 0 Å². The standard InChI is InChI=1S/C18H24N8O/c1-15(25-8-6-19-14-25)4-5-21-18(27)24-12-10-23(11-13-24)17-3-2-16-20-7-9-26(16)22-17/h2-3,6-9,14-15H,4-5,10-13H2,1H3,(H,21,27)/t15-/m0/s1. The quantitative estimate of drug-likeness (QED) is 0.736. The molecule has 1 fully saturated rings. The maximum atomic E-state index is 12.4. The maximum absolute atomic E-state index is 12.4. The van der Waals surface area contributed by atoms with E-state index in [9.17, 15) is 4.79 Å². The summed E-state index contributed by atoms with van der Waals surface area (Å²) in [4.78, 5) is 24.7. The van der Waals surface area contributed by atoms with Gasteiger partial charge in [0.15, 0.2) is 5.65 Å². The molecule has 1 N–H and O–H groups in total. The molecule has 142 valence electrons. The highest BCUT2D eigenvalue weighted by molar-refractivity contribution is 5.74. The molecule has 0 aliphatic carbocycles. The van der Waals surface area contributed by atoms with Crippen LogP contribution >= 0.6 is 0 Å². The average molecular weight is 368 g/mol. The number of hydrogen-bond donors (Lipinski definition) is 1. The molecule has 0 radical (unpaired) electrons. The first-order valence-corrected chi connectivity index (χ1v) is 9.26. The zero-order chi connectivity index (χ0) is 18.6. The summed E-state index contributed by atoms with van der Waals surface area (Å²) in [7, 11) is 0. The molecule has 2 amide bonds. The van der Waals surface area contributed by atoms with Crippen LogP contribution in [-0.4, -0.2) is 67.8 Å². The second-order valence-corrected chi connectivity index (χ2v) is 6.78. The van der Waals surface area contributed by atoms with E-state index in [4.69, 9.17) is 0 Å². The number of hydrogen-bond acceptors (Lipinski definition) is 5. The Labute approximate surface area is 157 Å². The van der Waals surface area contributed by atoms with Crippen LogP contribution in [0.1, 0.15) is 19.4 Å². The van der Waals surface area contributed by atoms with Crippen LogP contribution in [0.2, 0.25) is 0 Å². The molecule has 3 aromatic rings. The van der Waals surface area contributed by atoms with Crippen molar-refractivity contribution >= 4 is 17.5 Å². The first kappa shape index (κ1) is 17.3. The molecule has 1 saturated heterocycles. The second-order valence-electron chi connectivity index (χ2n) is 6.78. The highest BCUT2D eigenvalue weighted by atomic mass is 16.2. The van der Waals surface area contributed by atoms with E-state index in [0.29, 0.717) is 25.7 Å². The molecule has 1 aliphatic rings. The van der Waals surface area contributed by atoms with Crippen molar-refractivity contribution in [1.82, 2.24) is 34.4 Å². The number of rotatable bonds is 5. The number of nitrogens with one attached hydrogen (secondary N) is 1. The molecule has 0 spiro atoms. The normalized spacial score (nSPS) is 15.9. The van der Waals surface area contributed by atoms with Crippen molar-refractivity contribution in [2.75, 3.05) is 37.6 Å². The van der Waals surface area contributed by atoms with Crippen LogP contribution in [-0.2, 0) is 0 Å². The molecule has 1 atom stereocenters. The molecule has 0 unspecified atom stereocenters. The van der Waals surface area contributed by atoms with E-state index in [0.717, 1.165) is 31.0 Å². The first-order chi connectivity index (χ1) is 13.2. The van der Waals surface area contributed by atoms with Crippen LogP contribution in [0.5, 0.6) is 0 Å². The lowest BCUT2D eigenvalue weighted by Gasteiger charge is -2.35. The zero-order valence-corrected chi connectivity index (χ0v) is 15.4. The van der Waals surface area contributed by atoms with Gasteiger partial charge in [-0.2, -0.15) is 0 Å². The van der Waals surface area contributed by atoms with Gasteiger partial charge in [0.05, 0.1) is 6.33 Å². The minimum absolute atomic E-state index is 0.00509. The van der Waals surface area contributed by atoms with Gasteiger partial charge >= 0.3 is 6.03 Å². The van der Waals surface area contributed by atoms with E-state index in [1.807, 2.05) is 29.4 Å². The molecule has 9 nitrogen and oxygen atoms in total. The van der Waals surface area contributed by atoms with E-state index in [1.165, 1.54) is 0 Å². The van der Waals surface area contributed by atoms with Crippen LogP contribution in [0.3, 0.4) is 0 Å². The van der Waals surface area contributed by atoms with Gasteiger partial charge in [-0.25, -0.2) is 19.3 Å². The van der Waals surface area contributed by atoms with E-state index < -0.39 is 0 Å². The average Bonchev–Trinajstić information content (AvgIpc) is 3.39. The molecular formula is C18H24N8O. The summed E-state index contributed by atoms with van der Waals surface area (Å²) < 4.78 is 3.82. The van der Waals surface area contributed by atoms with Crippen molar-refractivity contribution in [3.63, 3.8) is 0 Å². The number of piperazine rings is 1. The van der Waals surface area contributed by atoms with E-state index in [2.05, 4.69) is 36.8 Å². The number of carbonyl (C=O) groups is 1. The Morgan fingerprint density at radius 1 is 1.19 bits per heavy atom. The van der Waals surface area contributed by atoms with Crippen LogP contribution in [0.4, 0.5) is 10.6 Å². The lowest BCUT2D eigenvalue weighted by atomic mass is 10.2. The van der Waals surface area contributed by atoms with Crippen LogP contribution in [0, 0.1) is 0 Å². The zero-order valence-electron chi connectivity index (χ0n) is 15.4. The topological polar surface area (TPSA) is 83.6 Å². The Morgan fingerprint density at radius 3 is 2.81 bits per heavy atom. The van der Waals surface area contributed by atoms with Gasteiger partial charge in [0.25, 0.3) is 0 Å². The number of anilines is 1. The van der Waals surface area contributed by atoms with Gasteiger partial charge in [-0.1, -0.05) is 0 Å². The third-order valence-electron chi connectivity index (χ3n) is 5.00. The summed E-state index contributed by atoms with van der Waals surface area (Å²) in [5.41, 5.74) is 0.835. The van der Waals surface area contributed by atoms with Gasteiger partial charge in [-0.3, -0.25) is 0 Å². The summed E-state index contributed by atoms with van der Waals surface area (Å²) in [6, 6.07) is 4.26. The molecule has 4 rings (SSSR count). The SMILES string of the molecule is C[C@@H](CCNC(=O)N1CCN(c2ccc3nccn3n2)CC1)n1ccnc1. The molecule has 3 aromatic heterocycles. The number of amides is 2. The van der Waals surface area contributed by atoms with Crippen LogP contribution in [0.25, 0.3) is 5.65 Å². The highest BCUT2D eigenvalue weighted by Crippen LogP contribution is 2.14.